The second-order valence-electron chi connectivity index (χ2n) is 7.39. The van der Waals surface area contributed by atoms with Gasteiger partial charge in [0, 0.05) is 31.3 Å². The van der Waals surface area contributed by atoms with Gasteiger partial charge < -0.3 is 28.8 Å². The highest BCUT2D eigenvalue weighted by molar-refractivity contribution is 5.84. The summed E-state index contributed by atoms with van der Waals surface area (Å²) >= 11 is 0. The first-order valence-corrected chi connectivity index (χ1v) is 9.13. The van der Waals surface area contributed by atoms with Gasteiger partial charge in [0.2, 0.25) is 0 Å². The van der Waals surface area contributed by atoms with Crippen LogP contribution in [0.2, 0.25) is 0 Å². The molecule has 8 nitrogen and oxygen atoms in total. The Hall–Kier alpha value is -1.06. The van der Waals surface area contributed by atoms with Crippen molar-refractivity contribution < 1.29 is 38.4 Å². The van der Waals surface area contributed by atoms with E-state index in [0.29, 0.717) is 19.6 Å². The highest BCUT2D eigenvalue weighted by atomic mass is 16.7. The number of aliphatic hydroxyl groups is 1. The lowest BCUT2D eigenvalue weighted by molar-refractivity contribution is -0.228. The smallest absolute Gasteiger partial charge is 0.366 e. The summed E-state index contributed by atoms with van der Waals surface area (Å²) in [6.07, 6.45) is 2.82. The molecule has 3 fully saturated rings. The van der Waals surface area contributed by atoms with Crippen LogP contribution in [0.3, 0.4) is 0 Å². The number of hydrogen-bond acceptors (Lipinski definition) is 8. The third kappa shape index (κ3) is 3.18. The third-order valence-electron chi connectivity index (χ3n) is 6.21. The fraction of sp³-hybridized carbons (Fsp3) is 0.889. The Balaban J connectivity index is 1.82. The van der Waals surface area contributed by atoms with Crippen LogP contribution in [0.1, 0.15) is 32.1 Å². The van der Waals surface area contributed by atoms with Crippen molar-refractivity contribution in [1.29, 1.82) is 0 Å². The summed E-state index contributed by atoms with van der Waals surface area (Å²) in [6.45, 7) is 1.16. The molecule has 0 radical (unpaired) electrons. The predicted octanol–water partition coefficient (Wildman–Crippen LogP) is 0.650. The molecule has 3 rings (SSSR count). The topological polar surface area (TPSA) is 101 Å². The summed E-state index contributed by atoms with van der Waals surface area (Å²) in [7, 11) is 2.80. The Morgan fingerprint density at radius 1 is 1.27 bits per heavy atom. The summed E-state index contributed by atoms with van der Waals surface area (Å²) in [6, 6.07) is 0. The van der Waals surface area contributed by atoms with E-state index < -0.39 is 23.1 Å². The lowest BCUT2D eigenvalue weighted by atomic mass is 9.52. The predicted molar refractivity (Wildman–Crippen MR) is 88.0 cm³/mol. The molecule has 8 heteroatoms. The molecule has 0 aromatic heterocycles. The van der Waals surface area contributed by atoms with Gasteiger partial charge in [-0.25, -0.2) is 4.79 Å². The number of Topliss-reactive ketones (excluding diaryl/α,β-unsaturated/α-hetero) is 1. The molecule has 3 aliphatic rings. The monoisotopic (exact) mass is 372 g/mol. The molecule has 1 aliphatic heterocycles. The van der Waals surface area contributed by atoms with Crippen LogP contribution < -0.4 is 0 Å². The average molecular weight is 372 g/mol. The Morgan fingerprint density at radius 3 is 2.81 bits per heavy atom. The van der Waals surface area contributed by atoms with Gasteiger partial charge in [-0.05, 0) is 18.8 Å². The van der Waals surface area contributed by atoms with E-state index in [1.54, 1.807) is 7.11 Å². The first-order valence-electron chi connectivity index (χ1n) is 9.13. The van der Waals surface area contributed by atoms with E-state index >= 15 is 0 Å². The maximum absolute atomic E-state index is 12.3. The third-order valence-corrected chi connectivity index (χ3v) is 6.21. The Kier molecular flexibility index (Phi) is 5.98. The van der Waals surface area contributed by atoms with E-state index in [1.807, 2.05) is 0 Å². The van der Waals surface area contributed by atoms with E-state index in [-0.39, 0.29) is 37.6 Å². The maximum Gasteiger partial charge on any atom is 0.366 e. The molecule has 2 aliphatic carbocycles. The van der Waals surface area contributed by atoms with Crippen molar-refractivity contribution in [2.45, 2.75) is 44.0 Å². The summed E-state index contributed by atoms with van der Waals surface area (Å²) in [5.74, 6) is -3.56. The van der Waals surface area contributed by atoms with Gasteiger partial charge in [0.1, 0.15) is 12.6 Å². The second kappa shape index (κ2) is 7.90. The van der Waals surface area contributed by atoms with Crippen LogP contribution in [0.25, 0.3) is 0 Å². The van der Waals surface area contributed by atoms with Crippen molar-refractivity contribution in [3.05, 3.63) is 0 Å². The maximum atomic E-state index is 12.3. The Morgan fingerprint density at radius 2 is 2.08 bits per heavy atom. The minimum atomic E-state index is -2.10. The van der Waals surface area contributed by atoms with Crippen LogP contribution in [-0.2, 0) is 33.3 Å². The van der Waals surface area contributed by atoms with E-state index in [4.69, 9.17) is 23.7 Å². The fourth-order valence-electron chi connectivity index (χ4n) is 4.99. The molecular weight excluding hydrogens is 344 g/mol. The highest BCUT2D eigenvalue weighted by Crippen LogP contribution is 2.61. The molecule has 1 N–H and O–H groups in total. The molecule has 148 valence electrons. The molecule has 5 atom stereocenters. The molecule has 0 aromatic rings. The van der Waals surface area contributed by atoms with Crippen LogP contribution in [-0.4, -0.2) is 69.6 Å². The zero-order valence-electron chi connectivity index (χ0n) is 15.4. The largest absolute Gasteiger partial charge is 0.465 e. The van der Waals surface area contributed by atoms with Gasteiger partial charge in [0.05, 0.1) is 33.0 Å². The highest BCUT2D eigenvalue weighted by Gasteiger charge is 2.70. The van der Waals surface area contributed by atoms with Crippen molar-refractivity contribution in [3.63, 3.8) is 0 Å². The molecule has 1 saturated heterocycles. The second-order valence-corrected chi connectivity index (χ2v) is 7.39. The summed E-state index contributed by atoms with van der Waals surface area (Å²) < 4.78 is 26.8. The zero-order valence-corrected chi connectivity index (χ0v) is 15.4. The van der Waals surface area contributed by atoms with E-state index in [9.17, 15) is 14.7 Å². The van der Waals surface area contributed by atoms with Crippen LogP contribution in [0.5, 0.6) is 0 Å². The summed E-state index contributed by atoms with van der Waals surface area (Å²) in [4.78, 5) is 24.5. The van der Waals surface area contributed by atoms with Gasteiger partial charge in [0.25, 0.3) is 5.79 Å². The van der Waals surface area contributed by atoms with Gasteiger partial charge in [-0.2, -0.15) is 0 Å². The average Bonchev–Trinajstić information content (AvgIpc) is 2.94. The summed E-state index contributed by atoms with van der Waals surface area (Å²) in [5, 5.41) is 10.9. The number of ketones is 1. The number of rotatable bonds is 7. The van der Waals surface area contributed by atoms with Crippen molar-refractivity contribution in [2.24, 2.45) is 17.3 Å². The SMILES string of the molecule is COCCOCO[C@@H]1CCC[C@@H]2CC(=O)C[C@@H]3C(O)(C(=O)OC)OC[C@]231. The molecule has 1 unspecified atom stereocenters. The minimum Gasteiger partial charge on any atom is -0.465 e. The minimum absolute atomic E-state index is 0.0187. The first-order chi connectivity index (χ1) is 12.5. The van der Waals surface area contributed by atoms with E-state index in [1.165, 1.54) is 7.11 Å². The number of carbonyl (C=O) groups is 2. The number of methoxy groups -OCH3 is 2. The Labute approximate surface area is 153 Å². The van der Waals surface area contributed by atoms with Gasteiger partial charge in [-0.1, -0.05) is 6.42 Å². The molecule has 1 spiro atoms. The van der Waals surface area contributed by atoms with Crippen molar-refractivity contribution >= 4 is 11.8 Å². The fourth-order valence-corrected chi connectivity index (χ4v) is 4.99. The number of ether oxygens (including phenoxy) is 5. The zero-order chi connectivity index (χ0) is 18.8. The van der Waals surface area contributed by atoms with Gasteiger partial charge in [-0.3, -0.25) is 4.79 Å². The molecule has 0 aromatic carbocycles. The van der Waals surface area contributed by atoms with Crippen LogP contribution in [0.15, 0.2) is 0 Å². The molecule has 2 saturated carbocycles. The molecule has 0 bridgehead atoms. The van der Waals surface area contributed by atoms with Gasteiger partial charge in [-0.15, -0.1) is 0 Å². The lowest BCUT2D eigenvalue weighted by Crippen LogP contribution is -2.59. The number of hydrogen-bond donors (Lipinski definition) is 1. The first kappa shape index (κ1) is 19.7. The van der Waals surface area contributed by atoms with Crippen LogP contribution >= 0.6 is 0 Å². The lowest BCUT2D eigenvalue weighted by Gasteiger charge is -2.52. The van der Waals surface area contributed by atoms with E-state index in [0.717, 1.165) is 19.3 Å². The Bertz CT molecular complexity index is 537. The normalized spacial score (nSPS) is 39.3. The summed E-state index contributed by atoms with van der Waals surface area (Å²) in [5.41, 5.74) is -0.584. The molecule has 26 heavy (non-hydrogen) atoms. The van der Waals surface area contributed by atoms with E-state index in [2.05, 4.69) is 0 Å². The number of esters is 1. The molecular formula is C18H28O8. The van der Waals surface area contributed by atoms with Crippen molar-refractivity contribution in [2.75, 3.05) is 40.8 Å². The van der Waals surface area contributed by atoms with Crippen molar-refractivity contribution in [3.8, 4) is 0 Å². The molecule has 1 heterocycles. The quantitative estimate of drug-likeness (QED) is 0.395. The molecule has 0 amide bonds. The van der Waals surface area contributed by atoms with Gasteiger partial charge >= 0.3 is 5.97 Å². The number of carbonyl (C=O) groups excluding carboxylic acids is 2. The van der Waals surface area contributed by atoms with Crippen molar-refractivity contribution in [1.82, 2.24) is 0 Å². The van der Waals surface area contributed by atoms with Crippen LogP contribution in [0, 0.1) is 17.3 Å². The van der Waals surface area contributed by atoms with Gasteiger partial charge in [0.15, 0.2) is 0 Å². The standard InChI is InChI=1S/C18H28O8/c1-22-6-7-24-11-25-15-5-3-4-12-8-13(19)9-14-17(12,15)10-26-18(14,21)16(20)23-2/h12,14-15,21H,3-11H2,1-2H3/t12-,14+,15-,17+,18?/m1/s1. The van der Waals surface area contributed by atoms with Crippen LogP contribution in [0.4, 0.5) is 0 Å².